The molecule has 0 aliphatic heterocycles. The molecule has 11 nitrogen and oxygen atoms in total. The number of carboxylic acid groups (broad SMARTS) is 2. The lowest BCUT2D eigenvalue weighted by molar-refractivity contribution is -0.138. The Kier molecular flexibility index (Phi) is 9.21. The summed E-state index contributed by atoms with van der Waals surface area (Å²) in [5, 5.41) is 20.1. The molecule has 0 fully saturated rings. The van der Waals surface area contributed by atoms with Crippen LogP contribution in [0.15, 0.2) is 41.2 Å². The number of hydrogen-bond donors (Lipinski definition) is 5. The second-order valence-corrected chi connectivity index (χ2v) is 7.78. The number of nitrogens with two attached hydrogens (primary N) is 1. The zero-order chi connectivity index (χ0) is 26.1. The molecule has 0 aliphatic rings. The van der Waals surface area contributed by atoms with Crippen molar-refractivity contribution in [2.24, 2.45) is 5.73 Å². The molecule has 35 heavy (non-hydrogen) atoms. The lowest BCUT2D eigenvalue weighted by Gasteiger charge is -2.09. The number of nitrogens with zero attached hydrogens (tertiary/aromatic N) is 1. The largest absolute Gasteiger partial charge is 0.481 e. The van der Waals surface area contributed by atoms with Crippen LogP contribution in [0.4, 0.5) is 5.69 Å². The van der Waals surface area contributed by atoms with Crippen molar-refractivity contribution >= 4 is 40.3 Å². The van der Waals surface area contributed by atoms with Crippen molar-refractivity contribution in [1.29, 1.82) is 0 Å². The van der Waals surface area contributed by atoms with Crippen LogP contribution in [0.2, 0.25) is 0 Å². The summed E-state index contributed by atoms with van der Waals surface area (Å²) in [7, 11) is 0. The lowest BCUT2D eigenvalue weighted by atomic mass is 10.1. The highest BCUT2D eigenvalue weighted by atomic mass is 16.4. The van der Waals surface area contributed by atoms with E-state index < -0.39 is 23.8 Å². The van der Waals surface area contributed by atoms with Crippen LogP contribution in [0.1, 0.15) is 46.6 Å². The van der Waals surface area contributed by atoms with Gasteiger partial charge in [0.25, 0.3) is 11.5 Å². The molecule has 11 heteroatoms. The van der Waals surface area contributed by atoms with Crippen molar-refractivity contribution in [3.05, 3.63) is 69.3 Å². The standard InChI is InChI=1S/C12H14N2O4.C12H12N2O3/c1-7-2-3-8(12(13)18)9(6-7)14-10(15)4-5-11(16)17;1-7-2-3-8-9(6-7)13-10(14-12(8)17)4-5-11(15)16/h2-3,6H,4-5H2,1H3,(H2,13,18)(H,14,15)(H,16,17);2-3,6H,4-5H2,1H3,(H,15,16)(H,13,14,17). The predicted octanol–water partition coefficient (Wildman–Crippen LogP) is 2.15. The number of nitrogens with one attached hydrogen (secondary N) is 2. The fourth-order valence-electron chi connectivity index (χ4n) is 3.05. The van der Waals surface area contributed by atoms with Gasteiger partial charge in [0.2, 0.25) is 5.91 Å². The third-order valence-corrected chi connectivity index (χ3v) is 4.77. The Bertz CT molecular complexity index is 1330. The average Bonchev–Trinajstić information content (AvgIpc) is 2.76. The Labute approximate surface area is 200 Å². The summed E-state index contributed by atoms with van der Waals surface area (Å²) in [6, 6.07) is 10.2. The number of carbonyl (C=O) groups excluding carboxylic acids is 2. The van der Waals surface area contributed by atoms with Crippen LogP contribution in [0.5, 0.6) is 0 Å². The second kappa shape index (κ2) is 12.1. The van der Waals surface area contributed by atoms with Crippen molar-refractivity contribution in [2.45, 2.75) is 39.5 Å². The van der Waals surface area contributed by atoms with Gasteiger partial charge in [0, 0.05) is 12.8 Å². The highest BCUT2D eigenvalue weighted by molar-refractivity contribution is 6.03. The molecule has 0 bridgehead atoms. The molecule has 1 aromatic heterocycles. The summed E-state index contributed by atoms with van der Waals surface area (Å²) >= 11 is 0. The van der Waals surface area contributed by atoms with E-state index in [1.807, 2.05) is 19.1 Å². The molecule has 3 rings (SSSR count). The van der Waals surface area contributed by atoms with Crippen LogP contribution >= 0.6 is 0 Å². The first-order valence-electron chi connectivity index (χ1n) is 10.6. The maximum Gasteiger partial charge on any atom is 0.303 e. The number of H-pyrrole nitrogens is 1. The van der Waals surface area contributed by atoms with Crippen molar-refractivity contribution < 1.29 is 29.4 Å². The minimum Gasteiger partial charge on any atom is -0.481 e. The Morgan fingerprint density at radius 1 is 0.943 bits per heavy atom. The molecule has 184 valence electrons. The van der Waals surface area contributed by atoms with E-state index in [4.69, 9.17) is 15.9 Å². The number of anilines is 1. The predicted molar refractivity (Wildman–Crippen MR) is 128 cm³/mol. The molecule has 0 spiro atoms. The number of aromatic nitrogens is 2. The van der Waals surface area contributed by atoms with Crippen LogP contribution in [-0.2, 0) is 20.8 Å². The second-order valence-electron chi connectivity index (χ2n) is 7.78. The number of amides is 2. The highest BCUT2D eigenvalue weighted by Crippen LogP contribution is 2.17. The van der Waals surface area contributed by atoms with E-state index in [-0.39, 0.29) is 36.8 Å². The van der Waals surface area contributed by atoms with Gasteiger partial charge in [-0.2, -0.15) is 0 Å². The number of carboxylic acids is 2. The van der Waals surface area contributed by atoms with Crippen molar-refractivity contribution in [1.82, 2.24) is 9.97 Å². The third kappa shape index (κ3) is 8.39. The summed E-state index contributed by atoms with van der Waals surface area (Å²) in [5.74, 6) is -2.66. The van der Waals surface area contributed by atoms with Crippen LogP contribution in [0.25, 0.3) is 10.9 Å². The van der Waals surface area contributed by atoms with Crippen LogP contribution < -0.4 is 16.6 Å². The molecule has 6 N–H and O–H groups in total. The minimum atomic E-state index is -1.05. The number of aliphatic carboxylic acids is 2. The van der Waals surface area contributed by atoms with Gasteiger partial charge in [-0.25, -0.2) is 4.98 Å². The Hall–Kier alpha value is -4.54. The fourth-order valence-corrected chi connectivity index (χ4v) is 3.05. The van der Waals surface area contributed by atoms with Gasteiger partial charge in [-0.15, -0.1) is 0 Å². The molecular weight excluding hydrogens is 456 g/mol. The molecule has 0 atom stereocenters. The maximum absolute atomic E-state index is 11.7. The van der Waals surface area contributed by atoms with E-state index in [9.17, 15) is 24.0 Å². The average molecular weight is 482 g/mol. The van der Waals surface area contributed by atoms with E-state index >= 15 is 0 Å². The van der Waals surface area contributed by atoms with Crippen LogP contribution in [0, 0.1) is 13.8 Å². The number of fused-ring (bicyclic) bond motifs is 1. The monoisotopic (exact) mass is 482 g/mol. The van der Waals surface area contributed by atoms with E-state index in [0.29, 0.717) is 22.4 Å². The molecule has 3 aromatic rings. The zero-order valence-electron chi connectivity index (χ0n) is 19.3. The van der Waals surface area contributed by atoms with Gasteiger partial charge in [-0.1, -0.05) is 12.1 Å². The van der Waals surface area contributed by atoms with Gasteiger partial charge in [-0.05, 0) is 49.2 Å². The van der Waals surface area contributed by atoms with Gasteiger partial charge in [0.1, 0.15) is 5.82 Å². The van der Waals surface area contributed by atoms with Crippen molar-refractivity contribution in [3.8, 4) is 0 Å². The molecular formula is C24H26N4O7. The Morgan fingerprint density at radius 3 is 2.20 bits per heavy atom. The van der Waals surface area contributed by atoms with Crippen molar-refractivity contribution in [3.63, 3.8) is 0 Å². The number of aromatic amines is 1. The van der Waals surface area contributed by atoms with Gasteiger partial charge in [0.15, 0.2) is 0 Å². The molecule has 0 unspecified atom stereocenters. The van der Waals surface area contributed by atoms with E-state index in [0.717, 1.165) is 11.1 Å². The normalized spacial score (nSPS) is 10.2. The summed E-state index contributed by atoms with van der Waals surface area (Å²) in [4.78, 5) is 62.0. The summed E-state index contributed by atoms with van der Waals surface area (Å²) in [6.07, 6.45) is -0.222. The summed E-state index contributed by atoms with van der Waals surface area (Å²) in [5.41, 5.74) is 7.93. The smallest absolute Gasteiger partial charge is 0.303 e. The third-order valence-electron chi connectivity index (χ3n) is 4.77. The van der Waals surface area contributed by atoms with Crippen LogP contribution in [0.3, 0.4) is 0 Å². The number of primary amides is 1. The SMILES string of the molecule is Cc1ccc(C(N)=O)c(NC(=O)CCC(=O)O)c1.Cc1ccc2c(=O)[nH]c(CCC(=O)O)nc2c1. The molecule has 2 amide bonds. The Balaban J connectivity index is 0.000000247. The molecule has 2 aromatic carbocycles. The number of aryl methyl sites for hydroxylation is 3. The molecule has 0 aliphatic carbocycles. The molecule has 1 heterocycles. The highest BCUT2D eigenvalue weighted by Gasteiger charge is 2.12. The van der Waals surface area contributed by atoms with E-state index in [1.54, 1.807) is 25.1 Å². The van der Waals surface area contributed by atoms with Gasteiger partial charge in [-0.3, -0.25) is 24.0 Å². The molecule has 0 saturated carbocycles. The minimum absolute atomic E-state index is 0.0414. The lowest BCUT2D eigenvalue weighted by Crippen LogP contribution is -2.18. The number of hydrogen-bond acceptors (Lipinski definition) is 6. The summed E-state index contributed by atoms with van der Waals surface area (Å²) in [6.45, 7) is 3.72. The first kappa shape index (κ1) is 26.7. The van der Waals surface area contributed by atoms with Gasteiger partial charge >= 0.3 is 11.9 Å². The topological polar surface area (TPSA) is 193 Å². The summed E-state index contributed by atoms with van der Waals surface area (Å²) < 4.78 is 0. The molecule has 0 radical (unpaired) electrons. The van der Waals surface area contributed by atoms with Gasteiger partial charge in [0.05, 0.1) is 35.0 Å². The van der Waals surface area contributed by atoms with E-state index in [1.165, 1.54) is 6.07 Å². The number of carbonyl (C=O) groups is 4. The first-order valence-corrected chi connectivity index (χ1v) is 10.6. The van der Waals surface area contributed by atoms with Gasteiger partial charge < -0.3 is 26.2 Å². The maximum atomic E-state index is 11.7. The number of rotatable bonds is 8. The first-order chi connectivity index (χ1) is 16.5. The van der Waals surface area contributed by atoms with E-state index in [2.05, 4.69) is 15.3 Å². The Morgan fingerprint density at radius 2 is 1.57 bits per heavy atom. The zero-order valence-corrected chi connectivity index (χ0v) is 19.3. The number of benzene rings is 2. The van der Waals surface area contributed by atoms with Crippen molar-refractivity contribution in [2.75, 3.05) is 5.32 Å². The van der Waals surface area contributed by atoms with Crippen LogP contribution in [-0.4, -0.2) is 43.9 Å². The molecule has 0 saturated heterocycles. The quantitative estimate of drug-likeness (QED) is 0.322. The fraction of sp³-hybridized carbons (Fsp3) is 0.250.